The highest BCUT2D eigenvalue weighted by atomic mass is 32.1. The van der Waals surface area contributed by atoms with E-state index in [1.807, 2.05) is 0 Å². The first-order chi connectivity index (χ1) is 7.56. The first-order valence-electron chi connectivity index (χ1n) is 4.62. The Bertz CT molecular complexity index is 492. The van der Waals surface area contributed by atoms with Crippen molar-refractivity contribution in [2.45, 2.75) is 13.0 Å². The molecule has 0 aliphatic heterocycles. The van der Waals surface area contributed by atoms with Gasteiger partial charge in [0.2, 0.25) is 0 Å². The Balaban J connectivity index is 2.37. The van der Waals surface area contributed by atoms with Crippen molar-refractivity contribution in [1.29, 1.82) is 0 Å². The van der Waals surface area contributed by atoms with Crippen LogP contribution < -0.4 is 0 Å². The largest absolute Gasteiger partial charge is 0.383 e. The van der Waals surface area contributed by atoms with Crippen molar-refractivity contribution in [1.82, 2.24) is 4.98 Å². The highest BCUT2D eigenvalue weighted by Crippen LogP contribution is 2.27. The summed E-state index contributed by atoms with van der Waals surface area (Å²) in [6.07, 6.45) is 0.476. The van der Waals surface area contributed by atoms with Crippen molar-refractivity contribution < 1.29 is 13.9 Å². The molecular formula is C11H9F2NOS. The topological polar surface area (TPSA) is 33.1 Å². The van der Waals surface area contributed by atoms with Gasteiger partial charge in [-0.05, 0) is 24.6 Å². The van der Waals surface area contributed by atoms with E-state index in [4.69, 9.17) is 0 Å². The molecule has 1 atom stereocenters. The van der Waals surface area contributed by atoms with Crippen molar-refractivity contribution >= 4 is 11.3 Å². The van der Waals surface area contributed by atoms with E-state index in [2.05, 4.69) is 4.98 Å². The third-order valence-electron chi connectivity index (χ3n) is 2.11. The average Bonchev–Trinajstić information content (AvgIpc) is 2.62. The smallest absolute Gasteiger partial charge is 0.126 e. The lowest BCUT2D eigenvalue weighted by atomic mass is 10.1. The first kappa shape index (κ1) is 11.2. The molecule has 2 aromatic rings. The van der Waals surface area contributed by atoms with Crippen LogP contribution in [-0.2, 0) is 0 Å². The molecule has 16 heavy (non-hydrogen) atoms. The van der Waals surface area contributed by atoms with Crippen molar-refractivity contribution in [2.75, 3.05) is 0 Å². The van der Waals surface area contributed by atoms with E-state index in [1.54, 1.807) is 6.92 Å². The molecule has 5 heteroatoms. The number of aliphatic hydroxyl groups excluding tert-OH is 1. The van der Waals surface area contributed by atoms with Crippen LogP contribution in [0.4, 0.5) is 8.78 Å². The SMILES string of the molecule is Cc1ncc(C(O)c2cc(F)cc(F)c2)s1. The van der Waals surface area contributed by atoms with E-state index in [0.29, 0.717) is 4.88 Å². The lowest BCUT2D eigenvalue weighted by Gasteiger charge is -2.08. The molecule has 0 aliphatic rings. The molecule has 0 spiro atoms. The molecule has 0 saturated heterocycles. The number of nitrogens with zero attached hydrogens (tertiary/aromatic N) is 1. The Kier molecular flexibility index (Phi) is 2.98. The number of rotatable bonds is 2. The summed E-state index contributed by atoms with van der Waals surface area (Å²) in [5.74, 6) is -1.40. The van der Waals surface area contributed by atoms with Crippen LogP contribution >= 0.6 is 11.3 Å². The minimum Gasteiger partial charge on any atom is -0.383 e. The number of aliphatic hydroxyl groups is 1. The first-order valence-corrected chi connectivity index (χ1v) is 5.44. The van der Waals surface area contributed by atoms with Crippen LogP contribution in [-0.4, -0.2) is 10.1 Å². The van der Waals surface area contributed by atoms with Gasteiger partial charge in [-0.3, -0.25) is 0 Å². The van der Waals surface area contributed by atoms with Gasteiger partial charge in [-0.1, -0.05) is 0 Å². The zero-order valence-corrected chi connectivity index (χ0v) is 9.26. The van der Waals surface area contributed by atoms with Gasteiger partial charge < -0.3 is 5.11 Å². The Morgan fingerprint density at radius 3 is 2.38 bits per heavy atom. The Morgan fingerprint density at radius 1 is 1.25 bits per heavy atom. The summed E-state index contributed by atoms with van der Waals surface area (Å²) >= 11 is 1.30. The second kappa shape index (κ2) is 4.27. The van der Waals surface area contributed by atoms with Gasteiger partial charge >= 0.3 is 0 Å². The number of benzene rings is 1. The predicted octanol–water partition coefficient (Wildman–Crippen LogP) is 2.81. The minimum atomic E-state index is -1.03. The third-order valence-corrected chi connectivity index (χ3v) is 3.07. The lowest BCUT2D eigenvalue weighted by Crippen LogP contribution is -1.98. The van der Waals surface area contributed by atoms with Crippen LogP contribution in [0.1, 0.15) is 21.6 Å². The molecule has 0 bridgehead atoms. The van der Waals surface area contributed by atoms with Crippen LogP contribution in [0.25, 0.3) is 0 Å². The number of aromatic nitrogens is 1. The molecule has 2 nitrogen and oxygen atoms in total. The Hall–Kier alpha value is -1.33. The van der Waals surface area contributed by atoms with Crippen LogP contribution in [0.3, 0.4) is 0 Å². The summed E-state index contributed by atoms with van der Waals surface area (Å²) in [5.41, 5.74) is 0.196. The van der Waals surface area contributed by atoms with E-state index in [1.165, 1.54) is 17.5 Å². The van der Waals surface area contributed by atoms with Gasteiger partial charge in [-0.15, -0.1) is 11.3 Å². The third kappa shape index (κ3) is 2.25. The molecule has 0 radical (unpaired) electrons. The highest BCUT2D eigenvalue weighted by molar-refractivity contribution is 7.11. The summed E-state index contributed by atoms with van der Waals surface area (Å²) in [6, 6.07) is 3.00. The number of aryl methyl sites for hydroxylation is 1. The molecule has 1 N–H and O–H groups in total. The van der Waals surface area contributed by atoms with Gasteiger partial charge in [0, 0.05) is 12.3 Å². The molecule has 1 aromatic heterocycles. The van der Waals surface area contributed by atoms with Crippen molar-refractivity contribution in [2.24, 2.45) is 0 Å². The van der Waals surface area contributed by atoms with E-state index in [-0.39, 0.29) is 5.56 Å². The summed E-state index contributed by atoms with van der Waals surface area (Å²) in [4.78, 5) is 4.55. The molecule has 1 unspecified atom stereocenters. The molecule has 84 valence electrons. The molecule has 0 saturated carbocycles. The summed E-state index contributed by atoms with van der Waals surface area (Å²) in [6.45, 7) is 1.80. The molecule has 1 heterocycles. The molecule has 1 aromatic carbocycles. The highest BCUT2D eigenvalue weighted by Gasteiger charge is 2.15. The van der Waals surface area contributed by atoms with Gasteiger partial charge in [0.1, 0.15) is 17.7 Å². The normalized spacial score (nSPS) is 12.8. The van der Waals surface area contributed by atoms with E-state index in [9.17, 15) is 13.9 Å². The fraction of sp³-hybridized carbons (Fsp3) is 0.182. The van der Waals surface area contributed by atoms with Crippen molar-refractivity contribution in [3.05, 3.63) is 51.5 Å². The van der Waals surface area contributed by atoms with Crippen LogP contribution in [0, 0.1) is 18.6 Å². The molecule has 0 aliphatic carbocycles. The van der Waals surface area contributed by atoms with Crippen LogP contribution in [0.15, 0.2) is 24.4 Å². The zero-order chi connectivity index (χ0) is 11.7. The molecule has 0 amide bonds. The van der Waals surface area contributed by atoms with E-state index >= 15 is 0 Å². The number of hydrogen-bond donors (Lipinski definition) is 1. The van der Waals surface area contributed by atoms with E-state index in [0.717, 1.165) is 23.2 Å². The molecular weight excluding hydrogens is 232 g/mol. The summed E-state index contributed by atoms with van der Waals surface area (Å²) < 4.78 is 25.9. The Labute approximate surface area is 95.2 Å². The maximum Gasteiger partial charge on any atom is 0.126 e. The van der Waals surface area contributed by atoms with Crippen molar-refractivity contribution in [3.63, 3.8) is 0 Å². The second-order valence-corrected chi connectivity index (χ2v) is 4.65. The summed E-state index contributed by atoms with van der Waals surface area (Å²) in [7, 11) is 0. The average molecular weight is 241 g/mol. The molecule has 2 rings (SSSR count). The summed E-state index contributed by atoms with van der Waals surface area (Å²) in [5, 5.41) is 10.7. The fourth-order valence-electron chi connectivity index (χ4n) is 1.40. The maximum atomic E-state index is 12.9. The van der Waals surface area contributed by atoms with E-state index < -0.39 is 17.7 Å². The molecule has 0 fully saturated rings. The maximum absolute atomic E-state index is 12.9. The van der Waals surface area contributed by atoms with Gasteiger partial charge in [-0.2, -0.15) is 0 Å². The number of halogens is 2. The van der Waals surface area contributed by atoms with Gasteiger partial charge in [-0.25, -0.2) is 13.8 Å². The quantitative estimate of drug-likeness (QED) is 0.877. The predicted molar refractivity (Wildman–Crippen MR) is 57.3 cm³/mol. The van der Waals surface area contributed by atoms with Crippen molar-refractivity contribution in [3.8, 4) is 0 Å². The second-order valence-electron chi connectivity index (χ2n) is 3.39. The Morgan fingerprint density at radius 2 is 1.88 bits per heavy atom. The monoisotopic (exact) mass is 241 g/mol. The van der Waals surface area contributed by atoms with Gasteiger partial charge in [0.15, 0.2) is 0 Å². The van der Waals surface area contributed by atoms with Crippen LogP contribution in [0.5, 0.6) is 0 Å². The van der Waals surface area contributed by atoms with Crippen LogP contribution in [0.2, 0.25) is 0 Å². The van der Waals surface area contributed by atoms with Gasteiger partial charge in [0.25, 0.3) is 0 Å². The zero-order valence-electron chi connectivity index (χ0n) is 8.45. The fourth-order valence-corrected chi connectivity index (χ4v) is 2.20. The number of hydrogen-bond acceptors (Lipinski definition) is 3. The van der Waals surface area contributed by atoms with Gasteiger partial charge in [0.05, 0.1) is 9.88 Å². The standard InChI is InChI=1S/C11H9F2NOS/c1-6-14-5-10(16-6)11(15)7-2-8(12)4-9(13)3-7/h2-5,11,15H,1H3. The number of thiazole rings is 1. The lowest BCUT2D eigenvalue weighted by molar-refractivity contribution is 0.223. The minimum absolute atomic E-state index is 0.196.